The molecule has 1 N–H and O–H groups in total. The monoisotopic (exact) mass is 753 g/mol. The van der Waals surface area contributed by atoms with Crippen LogP contribution in [0.25, 0.3) is 4.85 Å². The predicted octanol–water partition coefficient (Wildman–Crippen LogP) is 6.38. The highest BCUT2D eigenvalue weighted by atomic mass is 19.4. The molecule has 0 unspecified atom stereocenters. The van der Waals surface area contributed by atoms with Gasteiger partial charge in [-0.05, 0) is 83.3 Å². The van der Waals surface area contributed by atoms with Crippen molar-refractivity contribution in [2.24, 2.45) is 17.8 Å². The molecule has 5 heterocycles. The van der Waals surface area contributed by atoms with Crippen LogP contribution in [0.3, 0.4) is 0 Å². The molecule has 6 rings (SSSR count). The molecule has 0 bridgehead atoms. The Morgan fingerprint density at radius 1 is 0.796 bits per heavy atom. The number of hydrogen-bond acceptors (Lipinski definition) is 9. The SMILES string of the molecule is [C-]#[N+]c1ccc(N2CCC(C(=O)Nc3ncc(N4CCC(CN5CCN(CC6CCN(C(=O)OC(C)(C)C)CC6)CC5)CC4)cn3)CC2)cc1C(F)(F)F. The van der Waals surface area contributed by atoms with Crippen molar-refractivity contribution in [1.29, 1.82) is 0 Å². The Morgan fingerprint density at radius 2 is 1.31 bits per heavy atom. The van der Waals surface area contributed by atoms with Crippen LogP contribution in [0.5, 0.6) is 0 Å². The summed E-state index contributed by atoms with van der Waals surface area (Å²) in [5, 5.41) is 2.82. The number of nitrogens with one attached hydrogen (secondary N) is 1. The molecule has 2 aromatic rings. The summed E-state index contributed by atoms with van der Waals surface area (Å²) in [5.74, 6) is 1.04. The first-order valence-corrected chi connectivity index (χ1v) is 19.4. The van der Waals surface area contributed by atoms with Gasteiger partial charge in [0.2, 0.25) is 11.9 Å². The molecule has 54 heavy (non-hydrogen) atoms. The Labute approximate surface area is 316 Å². The highest BCUT2D eigenvalue weighted by Crippen LogP contribution is 2.39. The van der Waals surface area contributed by atoms with E-state index in [0.29, 0.717) is 43.5 Å². The van der Waals surface area contributed by atoms with E-state index < -0.39 is 23.0 Å². The van der Waals surface area contributed by atoms with Crippen LogP contribution in [0, 0.1) is 24.3 Å². The fraction of sp³-hybridized carbons (Fsp3) is 0.667. The minimum atomic E-state index is -4.61. The molecule has 0 aliphatic carbocycles. The number of ether oxygens (including phenoxy) is 1. The molecule has 4 saturated heterocycles. The van der Waals surface area contributed by atoms with Crippen molar-refractivity contribution in [3.63, 3.8) is 0 Å². The van der Waals surface area contributed by atoms with Gasteiger partial charge in [-0.3, -0.25) is 10.1 Å². The Bertz CT molecular complexity index is 1610. The lowest BCUT2D eigenvalue weighted by Gasteiger charge is -2.41. The fourth-order valence-electron chi connectivity index (χ4n) is 8.09. The molecule has 4 aliphatic heterocycles. The molecule has 1 aromatic carbocycles. The van der Waals surface area contributed by atoms with Crippen molar-refractivity contribution >= 4 is 35.0 Å². The molecule has 0 saturated carbocycles. The topological polar surface area (TPSA) is 102 Å². The second-order valence-corrected chi connectivity index (χ2v) is 16.3. The summed E-state index contributed by atoms with van der Waals surface area (Å²) in [4.78, 5) is 48.5. The maximum absolute atomic E-state index is 13.4. The van der Waals surface area contributed by atoms with Gasteiger partial charge in [-0.2, -0.15) is 13.2 Å². The standard InChI is InChI=1S/C39H54F3N9O3/c1-38(2,3)54-37(53)51-15-9-29(10-16-51)27-48-21-19-47(20-22-48)26-28-7-13-50(14-8-28)32-24-44-36(45-25-32)46-35(52)30-11-17-49(18-12-30)31-5-6-34(43-4)33(23-31)39(40,41)42/h5-6,23-25,28-30H,7-22,26-27H2,1-3H3,(H,44,45,46,52). The molecule has 294 valence electrons. The van der Waals surface area contributed by atoms with Gasteiger partial charge < -0.3 is 29.2 Å². The van der Waals surface area contributed by atoms with Crippen LogP contribution < -0.4 is 15.1 Å². The van der Waals surface area contributed by atoms with Gasteiger partial charge in [0.15, 0.2) is 5.69 Å². The summed E-state index contributed by atoms with van der Waals surface area (Å²) >= 11 is 0. The largest absolute Gasteiger partial charge is 0.444 e. The van der Waals surface area contributed by atoms with Crippen LogP contribution in [-0.2, 0) is 15.7 Å². The molecular weight excluding hydrogens is 699 g/mol. The summed E-state index contributed by atoms with van der Waals surface area (Å²) in [6.07, 6.45) is 3.97. The molecule has 2 amide bonds. The highest BCUT2D eigenvalue weighted by molar-refractivity contribution is 5.91. The van der Waals surface area contributed by atoms with Crippen molar-refractivity contribution in [3.05, 3.63) is 47.6 Å². The zero-order valence-electron chi connectivity index (χ0n) is 31.8. The van der Waals surface area contributed by atoms with Crippen molar-refractivity contribution in [3.8, 4) is 0 Å². The quantitative estimate of drug-likeness (QED) is 0.308. The highest BCUT2D eigenvalue weighted by Gasteiger charge is 2.35. The summed E-state index contributed by atoms with van der Waals surface area (Å²) in [6, 6.07) is 3.77. The van der Waals surface area contributed by atoms with Crippen LogP contribution in [0.2, 0.25) is 0 Å². The maximum Gasteiger partial charge on any atom is 0.410 e. The zero-order chi connectivity index (χ0) is 38.5. The third-order valence-electron chi connectivity index (χ3n) is 11.3. The molecule has 4 aliphatic rings. The van der Waals surface area contributed by atoms with Gasteiger partial charge in [-0.25, -0.2) is 19.6 Å². The van der Waals surface area contributed by atoms with E-state index in [9.17, 15) is 22.8 Å². The summed E-state index contributed by atoms with van der Waals surface area (Å²) < 4.78 is 45.9. The summed E-state index contributed by atoms with van der Waals surface area (Å²) in [7, 11) is 0. The number of halogens is 3. The van der Waals surface area contributed by atoms with Gasteiger partial charge in [-0.15, -0.1) is 0 Å². The number of anilines is 3. The second kappa shape index (κ2) is 17.1. The first kappa shape index (κ1) is 39.5. The van der Waals surface area contributed by atoms with Crippen LogP contribution in [0.1, 0.15) is 64.9 Å². The minimum Gasteiger partial charge on any atom is -0.444 e. The van der Waals surface area contributed by atoms with Crippen molar-refractivity contribution in [2.45, 2.75) is 71.1 Å². The number of nitrogens with zero attached hydrogens (tertiary/aromatic N) is 8. The first-order chi connectivity index (χ1) is 25.7. The lowest BCUT2D eigenvalue weighted by molar-refractivity contribution is -0.136. The van der Waals surface area contributed by atoms with Crippen molar-refractivity contribution < 1.29 is 27.5 Å². The first-order valence-electron chi connectivity index (χ1n) is 19.4. The Balaban J connectivity index is 0.866. The lowest BCUT2D eigenvalue weighted by Crippen LogP contribution is -2.50. The Morgan fingerprint density at radius 3 is 1.83 bits per heavy atom. The number of rotatable bonds is 8. The molecule has 12 nitrogen and oxygen atoms in total. The van der Waals surface area contributed by atoms with E-state index in [0.717, 1.165) is 103 Å². The number of piperidine rings is 3. The average Bonchev–Trinajstić information content (AvgIpc) is 3.15. The van der Waals surface area contributed by atoms with E-state index in [1.165, 1.54) is 12.1 Å². The number of benzene rings is 1. The van der Waals surface area contributed by atoms with Gasteiger partial charge in [-0.1, -0.05) is 6.07 Å². The summed E-state index contributed by atoms with van der Waals surface area (Å²) in [5.41, 5.74) is -0.475. The van der Waals surface area contributed by atoms with E-state index in [-0.39, 0.29) is 23.9 Å². The van der Waals surface area contributed by atoms with Gasteiger partial charge >= 0.3 is 12.3 Å². The summed E-state index contributed by atoms with van der Waals surface area (Å²) in [6.45, 7) is 23.7. The third-order valence-corrected chi connectivity index (χ3v) is 11.3. The zero-order valence-corrected chi connectivity index (χ0v) is 31.8. The average molecular weight is 754 g/mol. The molecule has 1 aromatic heterocycles. The van der Waals surface area contributed by atoms with Crippen LogP contribution in [0.4, 0.5) is 41.0 Å². The van der Waals surface area contributed by atoms with Gasteiger partial charge in [0.05, 0.1) is 30.2 Å². The molecule has 0 radical (unpaired) electrons. The number of amides is 2. The van der Waals surface area contributed by atoms with E-state index in [2.05, 4.69) is 34.8 Å². The van der Waals surface area contributed by atoms with Gasteiger partial charge in [0, 0.05) is 90.1 Å². The number of alkyl halides is 3. The van der Waals surface area contributed by atoms with Crippen LogP contribution >= 0.6 is 0 Å². The van der Waals surface area contributed by atoms with Crippen LogP contribution in [0.15, 0.2) is 30.6 Å². The molecule has 0 atom stereocenters. The van der Waals surface area contributed by atoms with E-state index in [1.54, 1.807) is 12.4 Å². The van der Waals surface area contributed by atoms with E-state index in [4.69, 9.17) is 11.3 Å². The lowest BCUT2D eigenvalue weighted by atomic mass is 9.95. The predicted molar refractivity (Wildman–Crippen MR) is 202 cm³/mol. The molecular formula is C39H54F3N9O3. The maximum atomic E-state index is 13.4. The molecule has 15 heteroatoms. The van der Waals surface area contributed by atoms with Crippen LogP contribution in [-0.4, -0.2) is 121 Å². The fourth-order valence-corrected chi connectivity index (χ4v) is 8.09. The molecule has 4 fully saturated rings. The normalized spacial score (nSPS) is 20.5. The Hall–Kier alpha value is -4.16. The second-order valence-electron chi connectivity index (χ2n) is 16.3. The van der Waals surface area contributed by atoms with Crippen molar-refractivity contribution in [1.82, 2.24) is 24.7 Å². The molecule has 0 spiro atoms. The number of carbonyl (C=O) groups is 2. The third kappa shape index (κ3) is 10.5. The van der Waals surface area contributed by atoms with E-state index in [1.807, 2.05) is 30.6 Å². The minimum absolute atomic E-state index is 0.191. The Kier molecular flexibility index (Phi) is 12.5. The number of aromatic nitrogens is 2. The van der Waals surface area contributed by atoms with Crippen molar-refractivity contribution in [2.75, 3.05) is 93.7 Å². The van der Waals surface area contributed by atoms with Gasteiger partial charge in [0.1, 0.15) is 5.60 Å². The smallest absolute Gasteiger partial charge is 0.410 e. The van der Waals surface area contributed by atoms with E-state index >= 15 is 0 Å². The van der Waals surface area contributed by atoms with Gasteiger partial charge in [0.25, 0.3) is 0 Å². The number of hydrogen-bond donors (Lipinski definition) is 1. The number of carbonyl (C=O) groups excluding carboxylic acids is 2. The number of piperazine rings is 1. The number of likely N-dealkylation sites (tertiary alicyclic amines) is 1.